The van der Waals surface area contributed by atoms with Crippen molar-refractivity contribution in [2.75, 3.05) is 26.9 Å². The molecule has 2 aromatic heterocycles. The minimum atomic E-state index is -0.298. The summed E-state index contributed by atoms with van der Waals surface area (Å²) < 4.78 is 13.5. The highest BCUT2D eigenvalue weighted by Gasteiger charge is 2.53. The Morgan fingerprint density at radius 2 is 2.31 bits per heavy atom. The Hall–Kier alpha value is -1.96. The van der Waals surface area contributed by atoms with Gasteiger partial charge in [0.1, 0.15) is 11.3 Å². The third-order valence-electron chi connectivity index (χ3n) is 5.83. The number of hydrogen-bond acceptors (Lipinski definition) is 5. The van der Waals surface area contributed by atoms with Crippen molar-refractivity contribution in [3.63, 3.8) is 0 Å². The molecule has 3 heterocycles. The van der Waals surface area contributed by atoms with E-state index >= 15 is 0 Å². The van der Waals surface area contributed by atoms with Crippen LogP contribution in [0.1, 0.15) is 36.2 Å². The number of fused-ring (bicyclic) bond motifs is 2. The number of imidazole rings is 1. The van der Waals surface area contributed by atoms with Crippen LogP contribution < -0.4 is 0 Å². The molecule has 3 atom stereocenters. The highest BCUT2D eigenvalue weighted by Crippen LogP contribution is 2.43. The lowest BCUT2D eigenvalue weighted by molar-refractivity contribution is -0.0992. The summed E-state index contributed by atoms with van der Waals surface area (Å²) in [5, 5.41) is 9.01. The van der Waals surface area contributed by atoms with Crippen LogP contribution >= 0.6 is 0 Å². The van der Waals surface area contributed by atoms with Gasteiger partial charge in [-0.25, -0.2) is 4.98 Å². The molecule has 0 radical (unpaired) electrons. The van der Waals surface area contributed by atoms with Gasteiger partial charge in [-0.1, -0.05) is 6.07 Å². The van der Waals surface area contributed by atoms with E-state index in [1.165, 1.54) is 0 Å². The Morgan fingerprint density at radius 1 is 1.42 bits per heavy atom. The van der Waals surface area contributed by atoms with E-state index in [2.05, 4.69) is 4.98 Å². The molecule has 4 rings (SSSR count). The van der Waals surface area contributed by atoms with Crippen LogP contribution in [0.15, 0.2) is 30.6 Å². The molecule has 1 N–H and O–H groups in total. The zero-order chi connectivity index (χ0) is 18.1. The molecule has 1 saturated carbocycles. The number of nitrogens with zero attached hydrogens (tertiary/aromatic N) is 3. The number of aliphatic hydroxyl groups is 1. The van der Waals surface area contributed by atoms with E-state index in [9.17, 15) is 4.79 Å². The normalized spacial score (nSPS) is 28.5. The lowest BCUT2D eigenvalue weighted by Crippen LogP contribution is -2.53. The van der Waals surface area contributed by atoms with E-state index in [4.69, 9.17) is 14.6 Å². The average Bonchev–Trinajstić information content (AvgIpc) is 3.27. The third-order valence-corrected chi connectivity index (χ3v) is 5.83. The molecule has 0 unspecified atom stereocenters. The van der Waals surface area contributed by atoms with Gasteiger partial charge in [-0.2, -0.15) is 0 Å². The molecular weight excluding hydrogens is 334 g/mol. The molecule has 2 aliphatic rings. The smallest absolute Gasteiger partial charge is 0.274 e. The second kappa shape index (κ2) is 6.98. The molecular formula is C19H25N3O4. The number of pyridine rings is 1. The summed E-state index contributed by atoms with van der Waals surface area (Å²) in [4.78, 5) is 19.5. The highest BCUT2D eigenvalue weighted by atomic mass is 16.5. The van der Waals surface area contributed by atoms with Gasteiger partial charge in [0.05, 0.1) is 31.0 Å². The Morgan fingerprint density at radius 3 is 3.08 bits per heavy atom. The SMILES string of the molecule is CO[C@@]12CC[C@H](OCCO)C[C@@H]1N(C(=O)c1cn3ccccc3n1)CC2. The van der Waals surface area contributed by atoms with Crippen LogP contribution in [0.5, 0.6) is 0 Å². The van der Waals surface area contributed by atoms with E-state index < -0.39 is 0 Å². The molecule has 0 bridgehead atoms. The number of amides is 1. The maximum atomic E-state index is 13.2. The van der Waals surface area contributed by atoms with Crippen molar-refractivity contribution in [1.29, 1.82) is 0 Å². The molecule has 140 valence electrons. The maximum absolute atomic E-state index is 13.2. The number of ether oxygens (including phenoxy) is 2. The number of aliphatic hydroxyl groups excluding tert-OH is 1. The van der Waals surface area contributed by atoms with Crippen molar-refractivity contribution in [2.45, 2.75) is 43.4 Å². The lowest BCUT2D eigenvalue weighted by Gasteiger charge is -2.43. The van der Waals surface area contributed by atoms with Gasteiger partial charge in [0.25, 0.3) is 5.91 Å². The van der Waals surface area contributed by atoms with E-state index in [1.54, 1.807) is 13.3 Å². The largest absolute Gasteiger partial charge is 0.394 e. The van der Waals surface area contributed by atoms with Gasteiger partial charge in [-0.15, -0.1) is 0 Å². The Bertz CT molecular complexity index is 759. The summed E-state index contributed by atoms with van der Waals surface area (Å²) >= 11 is 0. The van der Waals surface area contributed by atoms with Crippen LogP contribution in [0.2, 0.25) is 0 Å². The molecule has 0 spiro atoms. The van der Waals surface area contributed by atoms with Gasteiger partial charge >= 0.3 is 0 Å². The van der Waals surface area contributed by atoms with Crippen molar-refractivity contribution in [3.8, 4) is 0 Å². The van der Waals surface area contributed by atoms with Crippen LogP contribution in [-0.2, 0) is 9.47 Å². The summed E-state index contributed by atoms with van der Waals surface area (Å²) in [5.74, 6) is -0.0552. The van der Waals surface area contributed by atoms with Crippen LogP contribution in [0, 0.1) is 0 Å². The zero-order valence-corrected chi connectivity index (χ0v) is 15.0. The molecule has 2 fully saturated rings. The van der Waals surface area contributed by atoms with Crippen LogP contribution in [0.3, 0.4) is 0 Å². The van der Waals surface area contributed by atoms with Crippen LogP contribution in [0.25, 0.3) is 5.65 Å². The van der Waals surface area contributed by atoms with Crippen LogP contribution in [0.4, 0.5) is 0 Å². The predicted molar refractivity (Wildman–Crippen MR) is 95.1 cm³/mol. The highest BCUT2D eigenvalue weighted by molar-refractivity contribution is 5.93. The standard InChI is InChI=1S/C19H25N3O4/c1-25-19-6-5-14(26-11-10-23)12-16(19)22(9-7-19)18(24)15-13-21-8-3-2-4-17(21)20-15/h2-4,8,13-14,16,23H,5-7,9-12H2,1H3/t14-,16-,19+/m0/s1. The maximum Gasteiger partial charge on any atom is 0.274 e. The minimum absolute atomic E-state index is 0.0144. The summed E-state index contributed by atoms with van der Waals surface area (Å²) in [5.41, 5.74) is 0.927. The fourth-order valence-corrected chi connectivity index (χ4v) is 4.46. The summed E-state index contributed by atoms with van der Waals surface area (Å²) in [6.45, 7) is 1.01. The molecule has 1 amide bonds. The molecule has 1 aliphatic carbocycles. The van der Waals surface area contributed by atoms with E-state index in [1.807, 2.05) is 33.7 Å². The first-order chi connectivity index (χ1) is 12.7. The van der Waals surface area contributed by atoms with Gasteiger partial charge < -0.3 is 23.9 Å². The van der Waals surface area contributed by atoms with Gasteiger partial charge in [0, 0.05) is 26.0 Å². The number of methoxy groups -OCH3 is 1. The molecule has 0 aromatic carbocycles. The van der Waals surface area contributed by atoms with Gasteiger partial charge in [-0.05, 0) is 37.8 Å². The number of carbonyl (C=O) groups excluding carboxylic acids is 1. The van der Waals surface area contributed by atoms with Crippen LogP contribution in [-0.4, -0.2) is 69.9 Å². The average molecular weight is 359 g/mol. The predicted octanol–water partition coefficient (Wildman–Crippen LogP) is 1.50. The lowest BCUT2D eigenvalue weighted by atomic mass is 9.79. The van der Waals surface area contributed by atoms with Gasteiger partial charge in [0.2, 0.25) is 0 Å². The number of rotatable bonds is 5. The molecule has 7 nitrogen and oxygen atoms in total. The Balaban J connectivity index is 1.57. The van der Waals surface area contributed by atoms with E-state index in [0.717, 1.165) is 31.3 Å². The molecule has 26 heavy (non-hydrogen) atoms. The number of carbonyl (C=O) groups is 1. The van der Waals surface area contributed by atoms with E-state index in [0.29, 0.717) is 18.8 Å². The number of aromatic nitrogens is 2. The number of hydrogen-bond donors (Lipinski definition) is 1. The van der Waals surface area contributed by atoms with Crippen molar-refractivity contribution in [1.82, 2.24) is 14.3 Å². The summed E-state index contributed by atoms with van der Waals surface area (Å²) in [6.07, 6.45) is 7.03. The minimum Gasteiger partial charge on any atom is -0.394 e. The fourth-order valence-electron chi connectivity index (χ4n) is 4.46. The Kier molecular flexibility index (Phi) is 4.69. The molecule has 2 aromatic rings. The first kappa shape index (κ1) is 17.5. The van der Waals surface area contributed by atoms with Crippen molar-refractivity contribution < 1.29 is 19.4 Å². The van der Waals surface area contributed by atoms with Crippen molar-refractivity contribution in [2.24, 2.45) is 0 Å². The molecule has 1 saturated heterocycles. The third kappa shape index (κ3) is 2.90. The first-order valence-corrected chi connectivity index (χ1v) is 9.19. The molecule has 7 heteroatoms. The fraction of sp³-hybridized carbons (Fsp3) is 0.579. The van der Waals surface area contributed by atoms with E-state index in [-0.39, 0.29) is 30.3 Å². The molecule has 1 aliphatic heterocycles. The van der Waals surface area contributed by atoms with Crippen molar-refractivity contribution >= 4 is 11.6 Å². The summed E-state index contributed by atoms with van der Waals surface area (Å²) in [6, 6.07) is 5.69. The Labute approximate surface area is 152 Å². The number of likely N-dealkylation sites (tertiary alicyclic amines) is 1. The zero-order valence-electron chi connectivity index (χ0n) is 15.0. The van der Waals surface area contributed by atoms with Gasteiger partial charge in [-0.3, -0.25) is 4.79 Å². The topological polar surface area (TPSA) is 76.3 Å². The second-order valence-corrected chi connectivity index (χ2v) is 7.12. The first-order valence-electron chi connectivity index (χ1n) is 9.19. The second-order valence-electron chi connectivity index (χ2n) is 7.12. The summed E-state index contributed by atoms with van der Waals surface area (Å²) in [7, 11) is 1.74. The van der Waals surface area contributed by atoms with Crippen molar-refractivity contribution in [3.05, 3.63) is 36.3 Å². The quantitative estimate of drug-likeness (QED) is 0.875. The van der Waals surface area contributed by atoms with Gasteiger partial charge in [0.15, 0.2) is 0 Å². The monoisotopic (exact) mass is 359 g/mol.